The Kier molecular flexibility index (Phi) is 4.50. The molecule has 7 heteroatoms. The Labute approximate surface area is 117 Å². The van der Waals surface area contributed by atoms with Crippen molar-refractivity contribution in [2.24, 2.45) is 0 Å². The first kappa shape index (κ1) is 15.1. The van der Waals surface area contributed by atoms with Crippen molar-refractivity contribution in [2.45, 2.75) is 6.42 Å². The smallest absolute Gasteiger partial charge is 0.403 e. The number of nitrogens with zero attached hydrogens (tertiary/aromatic N) is 1. The number of likely N-dealkylation sites (N-methyl/N-ethyl adjacent to an activating group) is 1. The van der Waals surface area contributed by atoms with Gasteiger partial charge in [0, 0.05) is 30.8 Å². The number of aromatic nitrogens is 1. The van der Waals surface area contributed by atoms with E-state index in [0.717, 1.165) is 36.5 Å². The second-order valence-electron chi connectivity index (χ2n) is 4.79. The Morgan fingerprint density at radius 2 is 2.15 bits per heavy atom. The maximum Gasteiger partial charge on any atom is 0.527 e. The van der Waals surface area contributed by atoms with Gasteiger partial charge in [-0.3, -0.25) is 9.42 Å². The van der Waals surface area contributed by atoms with Gasteiger partial charge in [0.05, 0.1) is 0 Å². The molecule has 0 amide bonds. The van der Waals surface area contributed by atoms with Crippen molar-refractivity contribution in [2.75, 3.05) is 27.7 Å². The van der Waals surface area contributed by atoms with Crippen molar-refractivity contribution >= 4 is 18.7 Å². The van der Waals surface area contributed by atoms with Crippen LogP contribution in [0.25, 0.3) is 10.9 Å². The minimum absolute atomic E-state index is 0.352. The Bertz CT molecular complexity index is 638. The largest absolute Gasteiger partial charge is 0.527 e. The highest BCUT2D eigenvalue weighted by Crippen LogP contribution is 2.45. The minimum atomic E-state index is -4.06. The van der Waals surface area contributed by atoms with E-state index in [1.807, 2.05) is 26.4 Å². The summed E-state index contributed by atoms with van der Waals surface area (Å²) in [5.41, 5.74) is 1.91. The second kappa shape index (κ2) is 5.97. The zero-order valence-electron chi connectivity index (χ0n) is 11.8. The summed E-state index contributed by atoms with van der Waals surface area (Å²) >= 11 is 0. The van der Waals surface area contributed by atoms with E-state index in [4.69, 9.17) is 4.52 Å². The molecule has 1 heterocycles. The van der Waals surface area contributed by atoms with Crippen molar-refractivity contribution in [3.05, 3.63) is 30.0 Å². The molecule has 0 saturated heterocycles. The molecule has 1 aromatic heterocycles. The number of rotatable bonds is 6. The van der Waals surface area contributed by atoms with Gasteiger partial charge in [-0.15, -0.1) is 0 Å². The molecule has 110 valence electrons. The van der Waals surface area contributed by atoms with Crippen LogP contribution in [0.15, 0.2) is 24.4 Å². The summed E-state index contributed by atoms with van der Waals surface area (Å²) in [6.07, 6.45) is 2.71. The normalized spacial score (nSPS) is 14.7. The second-order valence-corrected chi connectivity index (χ2v) is 6.27. The maximum absolute atomic E-state index is 11.6. The highest BCUT2D eigenvalue weighted by Gasteiger charge is 2.22. The van der Waals surface area contributed by atoms with Crippen molar-refractivity contribution < 1.29 is 18.5 Å². The van der Waals surface area contributed by atoms with Crippen LogP contribution >= 0.6 is 7.82 Å². The summed E-state index contributed by atoms with van der Waals surface area (Å²) in [4.78, 5) is 14.7. The van der Waals surface area contributed by atoms with Gasteiger partial charge in [-0.05, 0) is 38.2 Å². The summed E-state index contributed by atoms with van der Waals surface area (Å²) in [5, 5.41) is 0.820. The van der Waals surface area contributed by atoms with E-state index < -0.39 is 7.82 Å². The lowest BCUT2D eigenvalue weighted by molar-refractivity contribution is 0.243. The van der Waals surface area contributed by atoms with E-state index in [1.54, 1.807) is 12.1 Å². The molecular weight excluding hydrogens is 279 g/mol. The fourth-order valence-corrected chi connectivity index (χ4v) is 2.47. The van der Waals surface area contributed by atoms with Gasteiger partial charge in [0.15, 0.2) is 0 Å². The number of aromatic amines is 1. The van der Waals surface area contributed by atoms with Crippen LogP contribution in [0.3, 0.4) is 0 Å². The quantitative estimate of drug-likeness (QED) is 0.801. The first-order valence-electron chi connectivity index (χ1n) is 6.25. The average molecular weight is 298 g/mol. The summed E-state index contributed by atoms with van der Waals surface area (Å²) in [6, 6.07) is 5.33. The number of hydrogen-bond acceptors (Lipinski definition) is 4. The van der Waals surface area contributed by atoms with Crippen LogP contribution < -0.4 is 4.52 Å². The number of hydrogen-bond donors (Lipinski definition) is 2. The molecule has 1 unspecified atom stereocenters. The first-order chi connectivity index (χ1) is 9.43. The molecule has 0 saturated carbocycles. The molecule has 2 N–H and O–H groups in total. The van der Waals surface area contributed by atoms with Crippen LogP contribution in [-0.4, -0.2) is 42.5 Å². The average Bonchev–Trinajstić information content (AvgIpc) is 2.80. The number of H-pyrrole nitrogens is 1. The zero-order chi connectivity index (χ0) is 14.8. The van der Waals surface area contributed by atoms with Gasteiger partial charge >= 0.3 is 7.82 Å². The van der Waals surface area contributed by atoms with Crippen LogP contribution in [0.5, 0.6) is 5.75 Å². The third-order valence-corrected chi connectivity index (χ3v) is 3.91. The molecule has 6 nitrogen and oxygen atoms in total. The number of fused-ring (bicyclic) bond motifs is 1. The number of phosphoric ester groups is 1. The molecule has 0 spiro atoms. The van der Waals surface area contributed by atoms with E-state index in [-0.39, 0.29) is 0 Å². The number of phosphoric acid groups is 1. The first-order valence-corrected chi connectivity index (χ1v) is 7.74. The molecule has 2 rings (SSSR count). The summed E-state index contributed by atoms with van der Waals surface area (Å²) in [5.74, 6) is 0.352. The molecule has 0 aliphatic heterocycles. The molecule has 0 aliphatic carbocycles. The fourth-order valence-electron chi connectivity index (χ4n) is 2.00. The highest BCUT2D eigenvalue weighted by molar-refractivity contribution is 7.47. The van der Waals surface area contributed by atoms with Gasteiger partial charge in [0.1, 0.15) is 5.75 Å². The van der Waals surface area contributed by atoms with E-state index >= 15 is 0 Å². The molecule has 2 aromatic rings. The van der Waals surface area contributed by atoms with Gasteiger partial charge in [-0.1, -0.05) is 6.07 Å². The molecule has 0 fully saturated rings. The SMILES string of the molecule is COP(=O)(O)Oc1cccc2[nH]cc(CCN(C)C)c12. The Morgan fingerprint density at radius 3 is 2.80 bits per heavy atom. The Hall–Kier alpha value is -1.33. The molecule has 1 aromatic carbocycles. The molecule has 0 bridgehead atoms. The molecular formula is C13H19N2O4P. The van der Waals surface area contributed by atoms with Gasteiger partial charge < -0.3 is 14.4 Å². The maximum atomic E-state index is 11.6. The molecule has 20 heavy (non-hydrogen) atoms. The standard InChI is InChI=1S/C13H19N2O4P/c1-15(2)8-7-10-9-14-11-5-4-6-12(13(10)11)19-20(16,17)18-3/h4-6,9,14H,7-8H2,1-3H3,(H,16,17). The highest BCUT2D eigenvalue weighted by atomic mass is 31.2. The van der Waals surface area contributed by atoms with E-state index in [1.165, 1.54) is 0 Å². The monoisotopic (exact) mass is 298 g/mol. The van der Waals surface area contributed by atoms with Gasteiger partial charge in [-0.2, -0.15) is 0 Å². The third kappa shape index (κ3) is 3.41. The van der Waals surface area contributed by atoms with Crippen molar-refractivity contribution in [3.8, 4) is 5.75 Å². The lowest BCUT2D eigenvalue weighted by atomic mass is 10.1. The van der Waals surface area contributed by atoms with Crippen molar-refractivity contribution in [1.82, 2.24) is 9.88 Å². The Balaban J connectivity index is 2.39. The predicted octanol–water partition coefficient (Wildman–Crippen LogP) is 2.40. The van der Waals surface area contributed by atoms with Crippen LogP contribution in [0.4, 0.5) is 0 Å². The van der Waals surface area contributed by atoms with Crippen LogP contribution in [0.2, 0.25) is 0 Å². The summed E-state index contributed by atoms with van der Waals surface area (Å²) in [6.45, 7) is 0.877. The Morgan fingerprint density at radius 1 is 1.40 bits per heavy atom. The summed E-state index contributed by atoms with van der Waals surface area (Å²) in [7, 11) is 1.08. The van der Waals surface area contributed by atoms with Crippen LogP contribution in [0.1, 0.15) is 5.56 Å². The van der Waals surface area contributed by atoms with Crippen LogP contribution in [-0.2, 0) is 15.5 Å². The lowest BCUT2D eigenvalue weighted by Gasteiger charge is -2.13. The number of benzene rings is 1. The lowest BCUT2D eigenvalue weighted by Crippen LogP contribution is -2.14. The van der Waals surface area contributed by atoms with Gasteiger partial charge in [0.25, 0.3) is 0 Å². The zero-order valence-corrected chi connectivity index (χ0v) is 12.7. The van der Waals surface area contributed by atoms with E-state index in [2.05, 4.69) is 14.4 Å². The number of nitrogens with one attached hydrogen (secondary N) is 1. The summed E-state index contributed by atoms with van der Waals surface area (Å²) < 4.78 is 21.2. The van der Waals surface area contributed by atoms with Crippen molar-refractivity contribution in [3.63, 3.8) is 0 Å². The molecule has 1 atom stereocenters. The fraction of sp³-hybridized carbons (Fsp3) is 0.385. The topological polar surface area (TPSA) is 74.8 Å². The van der Waals surface area contributed by atoms with Gasteiger partial charge in [0.2, 0.25) is 0 Å². The predicted molar refractivity (Wildman–Crippen MR) is 78.0 cm³/mol. The van der Waals surface area contributed by atoms with E-state index in [0.29, 0.717) is 5.75 Å². The van der Waals surface area contributed by atoms with Crippen molar-refractivity contribution in [1.29, 1.82) is 0 Å². The molecule has 0 aliphatic rings. The third-order valence-electron chi connectivity index (χ3n) is 3.02. The van der Waals surface area contributed by atoms with Crippen LogP contribution in [0, 0.1) is 0 Å². The van der Waals surface area contributed by atoms with E-state index in [9.17, 15) is 9.46 Å². The molecule has 0 radical (unpaired) electrons. The minimum Gasteiger partial charge on any atom is -0.403 e. The van der Waals surface area contributed by atoms with Gasteiger partial charge in [-0.25, -0.2) is 4.57 Å².